The third-order valence-corrected chi connectivity index (χ3v) is 6.55. The largest absolute Gasteiger partial charge is 0.311 e. The minimum absolute atomic E-state index is 0. The highest BCUT2D eigenvalue weighted by molar-refractivity contribution is 7.10. The van der Waals surface area contributed by atoms with Gasteiger partial charge in [0.2, 0.25) is 0 Å². The number of hydrogen-bond donors (Lipinski definition) is 1. The van der Waals surface area contributed by atoms with Crippen molar-refractivity contribution in [2.75, 3.05) is 6.54 Å². The maximum absolute atomic E-state index is 5.59. The van der Waals surface area contributed by atoms with E-state index >= 15 is 0 Å². The molecular formula is C18H29Cl2N3S2. The highest BCUT2D eigenvalue weighted by Gasteiger charge is 2.19. The second kappa shape index (κ2) is 12.2. The molecule has 0 bridgehead atoms. The molecule has 1 aliphatic rings. The van der Waals surface area contributed by atoms with E-state index in [0.29, 0.717) is 11.8 Å². The van der Waals surface area contributed by atoms with Gasteiger partial charge in [0.15, 0.2) is 0 Å². The molecule has 2 heterocycles. The molecule has 0 amide bonds. The van der Waals surface area contributed by atoms with E-state index in [1.807, 2.05) is 16.7 Å². The van der Waals surface area contributed by atoms with Crippen molar-refractivity contribution in [1.82, 2.24) is 15.3 Å². The summed E-state index contributed by atoms with van der Waals surface area (Å²) in [5, 5.41) is 10.1. The van der Waals surface area contributed by atoms with E-state index in [1.165, 1.54) is 41.4 Å². The van der Waals surface area contributed by atoms with Gasteiger partial charge in [0.25, 0.3) is 0 Å². The molecule has 0 spiro atoms. The van der Waals surface area contributed by atoms with E-state index < -0.39 is 0 Å². The molecule has 25 heavy (non-hydrogen) atoms. The minimum Gasteiger partial charge on any atom is -0.311 e. The van der Waals surface area contributed by atoms with Crippen LogP contribution in [0.2, 0.25) is 0 Å². The van der Waals surface area contributed by atoms with Gasteiger partial charge in [-0.15, -0.1) is 46.7 Å². The van der Waals surface area contributed by atoms with Gasteiger partial charge in [-0.1, -0.05) is 33.6 Å². The Bertz CT molecular complexity index is 593. The summed E-state index contributed by atoms with van der Waals surface area (Å²) >= 11 is 9.12. The van der Waals surface area contributed by atoms with Crippen LogP contribution < -0.4 is 5.32 Å². The van der Waals surface area contributed by atoms with Gasteiger partial charge < -0.3 is 5.32 Å². The van der Waals surface area contributed by atoms with Gasteiger partial charge in [-0.2, -0.15) is 0 Å². The fraction of sp³-hybridized carbons (Fsp3) is 0.667. The smallest absolute Gasteiger partial charge is 0.0959 e. The van der Waals surface area contributed by atoms with Crippen LogP contribution in [0.1, 0.15) is 79.7 Å². The number of hydrogen-bond acceptors (Lipinski definition) is 5. The Morgan fingerprint density at radius 3 is 2.36 bits per heavy atom. The summed E-state index contributed by atoms with van der Waals surface area (Å²) in [4.78, 5) is 9.00. The predicted octanol–water partition coefficient (Wildman–Crippen LogP) is 6.34. The number of rotatable bonds is 6. The molecule has 0 aromatic carbocycles. The fourth-order valence-electron chi connectivity index (χ4n) is 2.67. The van der Waals surface area contributed by atoms with Crippen molar-refractivity contribution in [2.24, 2.45) is 0 Å². The average molecular weight is 422 g/mol. The van der Waals surface area contributed by atoms with Crippen LogP contribution in [0.3, 0.4) is 0 Å². The maximum Gasteiger partial charge on any atom is 0.0959 e. The summed E-state index contributed by atoms with van der Waals surface area (Å²) in [6, 6.07) is 0. The van der Waals surface area contributed by atoms with Crippen LogP contribution in [0.25, 0.3) is 0 Å². The van der Waals surface area contributed by atoms with E-state index in [9.17, 15) is 0 Å². The number of halogens is 2. The Hall–Kier alpha value is -0.200. The molecule has 142 valence electrons. The standard InChI is InChI=1S/C11H18N2S.C7H10ClNS.ClH/c1-2-12-7-10-8-14-11(13-10)9-5-3-4-6-9;1-5(2)7-9-6(3-8)4-10-7;/h8-9,12H,2-7H2,1H3;4-5H,3H2,1-2H3;1H. The van der Waals surface area contributed by atoms with Gasteiger partial charge in [-0.3, -0.25) is 0 Å². The van der Waals surface area contributed by atoms with Crippen LogP contribution in [-0.4, -0.2) is 16.5 Å². The van der Waals surface area contributed by atoms with Gasteiger partial charge >= 0.3 is 0 Å². The van der Waals surface area contributed by atoms with Gasteiger partial charge in [-0.05, 0) is 19.4 Å². The lowest BCUT2D eigenvalue weighted by molar-refractivity contribution is 0.687. The van der Waals surface area contributed by atoms with Crippen molar-refractivity contribution >= 4 is 46.7 Å². The van der Waals surface area contributed by atoms with Gasteiger partial charge in [-0.25, -0.2) is 9.97 Å². The topological polar surface area (TPSA) is 37.8 Å². The van der Waals surface area contributed by atoms with Gasteiger partial charge in [0.1, 0.15) is 0 Å². The van der Waals surface area contributed by atoms with Crippen LogP contribution in [0.4, 0.5) is 0 Å². The van der Waals surface area contributed by atoms with E-state index in [1.54, 1.807) is 11.3 Å². The molecule has 2 aromatic rings. The molecule has 1 fully saturated rings. The zero-order valence-electron chi connectivity index (χ0n) is 15.3. The SMILES string of the molecule is CC(C)c1nc(CCl)cs1.CCNCc1csc(C2CCCC2)n1.Cl. The molecule has 1 saturated carbocycles. The summed E-state index contributed by atoms with van der Waals surface area (Å²) in [6.07, 6.45) is 5.50. The first kappa shape index (κ1) is 22.8. The third kappa shape index (κ3) is 7.51. The van der Waals surface area contributed by atoms with Crippen molar-refractivity contribution in [3.63, 3.8) is 0 Å². The Kier molecular flexibility index (Phi) is 11.2. The van der Waals surface area contributed by atoms with Crippen LogP contribution in [0.15, 0.2) is 10.8 Å². The quantitative estimate of drug-likeness (QED) is 0.552. The first-order valence-electron chi connectivity index (χ1n) is 8.79. The molecule has 7 heteroatoms. The summed E-state index contributed by atoms with van der Waals surface area (Å²) in [5.74, 6) is 1.83. The zero-order valence-corrected chi connectivity index (χ0v) is 18.5. The fourth-order valence-corrected chi connectivity index (χ4v) is 4.72. The summed E-state index contributed by atoms with van der Waals surface area (Å²) in [6.45, 7) is 8.36. The third-order valence-electron chi connectivity index (χ3n) is 4.03. The predicted molar refractivity (Wildman–Crippen MR) is 114 cm³/mol. The van der Waals surface area contributed by atoms with Crippen LogP contribution in [-0.2, 0) is 12.4 Å². The highest BCUT2D eigenvalue weighted by Crippen LogP contribution is 2.35. The van der Waals surface area contributed by atoms with Crippen molar-refractivity contribution in [1.29, 1.82) is 0 Å². The van der Waals surface area contributed by atoms with Crippen molar-refractivity contribution in [2.45, 2.75) is 70.7 Å². The molecule has 0 saturated heterocycles. The van der Waals surface area contributed by atoms with Gasteiger partial charge in [0, 0.05) is 29.1 Å². The molecule has 1 aliphatic carbocycles. The van der Waals surface area contributed by atoms with E-state index in [4.69, 9.17) is 11.6 Å². The number of alkyl halides is 1. The van der Waals surface area contributed by atoms with Crippen molar-refractivity contribution in [3.8, 4) is 0 Å². The molecule has 0 radical (unpaired) electrons. The van der Waals surface area contributed by atoms with Crippen molar-refractivity contribution in [3.05, 3.63) is 32.2 Å². The lowest BCUT2D eigenvalue weighted by Gasteiger charge is -2.02. The highest BCUT2D eigenvalue weighted by atomic mass is 35.5. The van der Waals surface area contributed by atoms with Crippen LogP contribution >= 0.6 is 46.7 Å². The normalized spacial score (nSPS) is 14.3. The molecule has 3 nitrogen and oxygen atoms in total. The summed E-state index contributed by atoms with van der Waals surface area (Å²) < 4.78 is 0. The molecular weight excluding hydrogens is 393 g/mol. The van der Waals surface area contributed by atoms with Crippen LogP contribution in [0, 0.1) is 0 Å². The lowest BCUT2D eigenvalue weighted by Crippen LogP contribution is -2.12. The molecule has 2 aromatic heterocycles. The summed E-state index contributed by atoms with van der Waals surface area (Å²) in [7, 11) is 0. The molecule has 0 aliphatic heterocycles. The number of nitrogens with zero attached hydrogens (tertiary/aromatic N) is 2. The van der Waals surface area contributed by atoms with E-state index in [2.05, 4.69) is 41.4 Å². The Morgan fingerprint density at radius 2 is 1.84 bits per heavy atom. The second-order valence-electron chi connectivity index (χ2n) is 6.40. The van der Waals surface area contributed by atoms with E-state index in [-0.39, 0.29) is 12.4 Å². The number of aromatic nitrogens is 2. The summed E-state index contributed by atoms with van der Waals surface area (Å²) in [5.41, 5.74) is 2.22. The molecule has 3 rings (SSSR count). The molecule has 1 N–H and O–H groups in total. The molecule has 0 atom stereocenters. The Balaban J connectivity index is 0.000000254. The Labute approximate surface area is 171 Å². The van der Waals surface area contributed by atoms with Crippen molar-refractivity contribution < 1.29 is 0 Å². The second-order valence-corrected chi connectivity index (χ2v) is 8.45. The first-order valence-corrected chi connectivity index (χ1v) is 11.1. The van der Waals surface area contributed by atoms with Crippen LogP contribution in [0.5, 0.6) is 0 Å². The molecule has 0 unspecified atom stereocenters. The number of nitrogens with one attached hydrogen (secondary N) is 1. The lowest BCUT2D eigenvalue weighted by atomic mass is 10.1. The van der Waals surface area contributed by atoms with Gasteiger partial charge in [0.05, 0.1) is 27.3 Å². The zero-order chi connectivity index (χ0) is 17.4. The van der Waals surface area contributed by atoms with E-state index in [0.717, 1.165) is 24.7 Å². The first-order chi connectivity index (χ1) is 11.6. The Morgan fingerprint density at radius 1 is 1.16 bits per heavy atom. The maximum atomic E-state index is 5.59. The average Bonchev–Trinajstić information content (AvgIpc) is 3.34. The minimum atomic E-state index is 0. The monoisotopic (exact) mass is 421 g/mol. The number of thiazole rings is 2.